The number of carboxylic acid groups (broad SMARTS) is 1. The number of amides is 1. The summed E-state index contributed by atoms with van der Waals surface area (Å²) in [5.41, 5.74) is 1.69. The van der Waals surface area contributed by atoms with Gasteiger partial charge in [-0.3, -0.25) is 9.48 Å². The van der Waals surface area contributed by atoms with Gasteiger partial charge in [0.1, 0.15) is 11.3 Å². The molecule has 6 nitrogen and oxygen atoms in total. The summed E-state index contributed by atoms with van der Waals surface area (Å²) >= 11 is 0. The maximum absolute atomic E-state index is 12.2. The molecule has 0 radical (unpaired) electrons. The van der Waals surface area contributed by atoms with Crippen molar-refractivity contribution in [2.75, 3.05) is 5.32 Å². The molecule has 0 saturated heterocycles. The highest BCUT2D eigenvalue weighted by molar-refractivity contribution is 6.09. The van der Waals surface area contributed by atoms with Gasteiger partial charge in [0.15, 0.2) is 0 Å². The Morgan fingerprint density at radius 1 is 1.24 bits per heavy atom. The van der Waals surface area contributed by atoms with E-state index in [2.05, 4.69) is 24.3 Å². The van der Waals surface area contributed by atoms with Crippen LogP contribution in [-0.2, 0) is 7.05 Å². The predicted octanol–water partition coefficient (Wildman–Crippen LogP) is 2.49. The summed E-state index contributed by atoms with van der Waals surface area (Å²) in [5, 5.41) is 15.6. The monoisotopic (exact) mass is 287 g/mol. The van der Waals surface area contributed by atoms with Gasteiger partial charge in [-0.15, -0.1) is 0 Å². The molecule has 1 aromatic carbocycles. The molecule has 2 aromatic rings. The van der Waals surface area contributed by atoms with Crippen LogP contribution >= 0.6 is 0 Å². The van der Waals surface area contributed by atoms with Gasteiger partial charge in [0.2, 0.25) is 0 Å². The van der Waals surface area contributed by atoms with Gasteiger partial charge in [-0.1, -0.05) is 26.0 Å². The zero-order valence-corrected chi connectivity index (χ0v) is 12.1. The Morgan fingerprint density at radius 3 is 2.38 bits per heavy atom. The Balaban J connectivity index is 2.22. The van der Waals surface area contributed by atoms with Crippen molar-refractivity contribution in [1.82, 2.24) is 9.78 Å². The molecule has 0 aliphatic rings. The van der Waals surface area contributed by atoms with Crippen LogP contribution in [0.3, 0.4) is 0 Å². The number of anilines is 1. The molecule has 0 atom stereocenters. The number of rotatable bonds is 4. The number of carbonyl (C=O) groups excluding carboxylic acids is 1. The van der Waals surface area contributed by atoms with Crippen LogP contribution in [0.4, 0.5) is 5.69 Å². The van der Waals surface area contributed by atoms with E-state index in [1.165, 1.54) is 23.5 Å². The molecule has 110 valence electrons. The average Bonchev–Trinajstić information content (AvgIpc) is 2.81. The lowest BCUT2D eigenvalue weighted by Crippen LogP contribution is -2.19. The maximum Gasteiger partial charge on any atom is 0.339 e. The van der Waals surface area contributed by atoms with E-state index in [4.69, 9.17) is 5.11 Å². The van der Waals surface area contributed by atoms with Crippen molar-refractivity contribution < 1.29 is 14.7 Å². The predicted molar refractivity (Wildman–Crippen MR) is 78.7 cm³/mol. The van der Waals surface area contributed by atoms with Gasteiger partial charge in [0, 0.05) is 12.7 Å². The number of hydrogen-bond acceptors (Lipinski definition) is 3. The van der Waals surface area contributed by atoms with Crippen LogP contribution in [0.25, 0.3) is 0 Å². The molecular weight excluding hydrogens is 270 g/mol. The third-order valence-corrected chi connectivity index (χ3v) is 3.22. The van der Waals surface area contributed by atoms with Crippen LogP contribution < -0.4 is 5.32 Å². The fraction of sp³-hybridized carbons (Fsp3) is 0.267. The molecule has 2 rings (SSSR count). The minimum absolute atomic E-state index is 0.0236. The first-order valence-corrected chi connectivity index (χ1v) is 6.56. The number of aromatic nitrogens is 2. The van der Waals surface area contributed by atoms with Crippen LogP contribution in [-0.4, -0.2) is 26.8 Å². The third-order valence-electron chi connectivity index (χ3n) is 3.22. The highest BCUT2D eigenvalue weighted by atomic mass is 16.4. The first kappa shape index (κ1) is 14.8. The number of carboxylic acids is 1. The molecule has 1 amide bonds. The zero-order valence-electron chi connectivity index (χ0n) is 12.1. The molecule has 0 saturated carbocycles. The summed E-state index contributed by atoms with van der Waals surface area (Å²) in [5.74, 6) is -1.27. The summed E-state index contributed by atoms with van der Waals surface area (Å²) in [6, 6.07) is 7.46. The van der Waals surface area contributed by atoms with Gasteiger partial charge in [-0.25, -0.2) is 4.79 Å². The maximum atomic E-state index is 12.2. The third kappa shape index (κ3) is 3.10. The smallest absolute Gasteiger partial charge is 0.339 e. The minimum atomic E-state index is -1.18. The number of benzene rings is 1. The molecule has 0 unspecified atom stereocenters. The van der Waals surface area contributed by atoms with Crippen molar-refractivity contribution in [3.05, 3.63) is 47.3 Å². The molecule has 6 heteroatoms. The van der Waals surface area contributed by atoms with E-state index in [1.807, 2.05) is 12.1 Å². The van der Waals surface area contributed by atoms with Crippen LogP contribution in [0.2, 0.25) is 0 Å². The molecule has 0 fully saturated rings. The van der Waals surface area contributed by atoms with E-state index in [0.29, 0.717) is 11.6 Å². The SMILES string of the molecule is CC(C)c1ccc(NC(=O)c2c(C(=O)O)cnn2C)cc1. The summed E-state index contributed by atoms with van der Waals surface area (Å²) < 4.78 is 1.25. The van der Waals surface area contributed by atoms with Crippen molar-refractivity contribution >= 4 is 17.6 Å². The largest absolute Gasteiger partial charge is 0.478 e. The van der Waals surface area contributed by atoms with Crippen molar-refractivity contribution in [2.24, 2.45) is 7.05 Å². The van der Waals surface area contributed by atoms with Gasteiger partial charge >= 0.3 is 5.97 Å². The van der Waals surface area contributed by atoms with Gasteiger partial charge < -0.3 is 10.4 Å². The lowest BCUT2D eigenvalue weighted by atomic mass is 10.0. The van der Waals surface area contributed by atoms with Crippen molar-refractivity contribution in [2.45, 2.75) is 19.8 Å². The van der Waals surface area contributed by atoms with E-state index in [0.717, 1.165) is 0 Å². The second-order valence-electron chi connectivity index (χ2n) is 5.07. The van der Waals surface area contributed by atoms with Gasteiger partial charge in [-0.2, -0.15) is 5.10 Å². The Labute approximate surface area is 122 Å². The fourth-order valence-electron chi connectivity index (χ4n) is 2.00. The average molecular weight is 287 g/mol. The second kappa shape index (κ2) is 5.78. The van der Waals surface area contributed by atoms with Gasteiger partial charge in [-0.05, 0) is 23.6 Å². The molecule has 1 aromatic heterocycles. The Hall–Kier alpha value is -2.63. The topological polar surface area (TPSA) is 84.2 Å². The summed E-state index contributed by atoms with van der Waals surface area (Å²) in [6.07, 6.45) is 1.17. The molecule has 0 aliphatic heterocycles. The van der Waals surface area contributed by atoms with Crippen LogP contribution in [0.5, 0.6) is 0 Å². The van der Waals surface area contributed by atoms with Crippen molar-refractivity contribution in [1.29, 1.82) is 0 Å². The Morgan fingerprint density at radius 2 is 1.86 bits per heavy atom. The minimum Gasteiger partial charge on any atom is -0.478 e. The number of aryl methyl sites for hydroxylation is 1. The lowest BCUT2D eigenvalue weighted by molar-refractivity contribution is 0.0692. The second-order valence-corrected chi connectivity index (χ2v) is 5.07. The van der Waals surface area contributed by atoms with E-state index in [1.54, 1.807) is 12.1 Å². The molecule has 21 heavy (non-hydrogen) atoms. The lowest BCUT2D eigenvalue weighted by Gasteiger charge is -2.09. The number of nitrogens with one attached hydrogen (secondary N) is 1. The molecule has 2 N–H and O–H groups in total. The highest BCUT2D eigenvalue weighted by Gasteiger charge is 2.21. The number of carbonyl (C=O) groups is 2. The Kier molecular flexibility index (Phi) is 4.07. The quantitative estimate of drug-likeness (QED) is 0.904. The highest BCUT2D eigenvalue weighted by Crippen LogP contribution is 2.18. The van der Waals surface area contributed by atoms with E-state index in [9.17, 15) is 9.59 Å². The number of hydrogen-bond donors (Lipinski definition) is 2. The van der Waals surface area contributed by atoms with Gasteiger partial charge in [0.25, 0.3) is 5.91 Å². The number of aromatic carboxylic acids is 1. The fourth-order valence-corrected chi connectivity index (χ4v) is 2.00. The van der Waals surface area contributed by atoms with Crippen LogP contribution in [0.1, 0.15) is 46.2 Å². The van der Waals surface area contributed by atoms with Crippen LogP contribution in [0, 0.1) is 0 Å². The van der Waals surface area contributed by atoms with Crippen molar-refractivity contribution in [3.8, 4) is 0 Å². The normalized spacial score (nSPS) is 10.7. The first-order valence-electron chi connectivity index (χ1n) is 6.56. The zero-order chi connectivity index (χ0) is 15.6. The van der Waals surface area contributed by atoms with Gasteiger partial charge in [0.05, 0.1) is 6.20 Å². The van der Waals surface area contributed by atoms with Crippen LogP contribution in [0.15, 0.2) is 30.5 Å². The summed E-state index contributed by atoms with van der Waals surface area (Å²) in [6.45, 7) is 4.17. The standard InChI is InChI=1S/C15H17N3O3/c1-9(2)10-4-6-11(7-5-10)17-14(19)13-12(15(20)21)8-16-18(13)3/h4-9H,1-3H3,(H,17,19)(H,20,21). The molecular formula is C15H17N3O3. The van der Waals surface area contributed by atoms with E-state index < -0.39 is 11.9 Å². The first-order chi connectivity index (χ1) is 9.90. The molecule has 0 bridgehead atoms. The summed E-state index contributed by atoms with van der Waals surface area (Å²) in [7, 11) is 1.53. The summed E-state index contributed by atoms with van der Waals surface area (Å²) in [4.78, 5) is 23.3. The van der Waals surface area contributed by atoms with E-state index in [-0.39, 0.29) is 11.3 Å². The number of nitrogens with zero attached hydrogens (tertiary/aromatic N) is 2. The molecule has 0 spiro atoms. The molecule has 1 heterocycles. The molecule has 0 aliphatic carbocycles. The van der Waals surface area contributed by atoms with E-state index >= 15 is 0 Å². The van der Waals surface area contributed by atoms with Crippen molar-refractivity contribution in [3.63, 3.8) is 0 Å². The Bertz CT molecular complexity index is 672.